The van der Waals surface area contributed by atoms with Gasteiger partial charge in [-0.2, -0.15) is 0 Å². The van der Waals surface area contributed by atoms with Crippen molar-refractivity contribution in [1.29, 1.82) is 0 Å². The summed E-state index contributed by atoms with van der Waals surface area (Å²) >= 11 is 1.18. The molecule has 2 rings (SSSR count). The van der Waals surface area contributed by atoms with Gasteiger partial charge in [-0.25, -0.2) is 13.6 Å². The van der Waals surface area contributed by atoms with E-state index in [2.05, 4.69) is 14.9 Å². The van der Waals surface area contributed by atoms with Crippen molar-refractivity contribution in [3.8, 4) is 5.75 Å². The van der Waals surface area contributed by atoms with Crippen molar-refractivity contribution < 1.29 is 17.9 Å². The molecule has 0 radical (unpaired) electrons. The van der Waals surface area contributed by atoms with Crippen LogP contribution in [0.5, 0.6) is 5.75 Å². The Bertz CT molecular complexity index is 801. The van der Waals surface area contributed by atoms with Gasteiger partial charge in [-0.1, -0.05) is 4.49 Å². The number of carbonyl (C=O) groups is 1. The van der Waals surface area contributed by atoms with Crippen molar-refractivity contribution in [3.05, 3.63) is 34.3 Å². The van der Waals surface area contributed by atoms with Crippen LogP contribution >= 0.6 is 11.5 Å². The normalized spacial score (nSPS) is 11.2. The van der Waals surface area contributed by atoms with E-state index >= 15 is 0 Å². The number of nitrogens with one attached hydrogen (secondary N) is 1. The Morgan fingerprint density at radius 2 is 2.18 bits per heavy atom. The maximum atomic E-state index is 12.2. The maximum absolute atomic E-state index is 12.2. The fourth-order valence-corrected chi connectivity index (χ4v) is 2.82. The number of nitrogens with zero attached hydrogens (tertiary/aromatic N) is 2. The number of aryl methyl sites for hydroxylation is 1. The van der Waals surface area contributed by atoms with Crippen LogP contribution in [0.15, 0.2) is 23.1 Å². The molecule has 1 heterocycles. The molecule has 0 aliphatic rings. The van der Waals surface area contributed by atoms with Gasteiger partial charge in [0.2, 0.25) is 10.0 Å². The van der Waals surface area contributed by atoms with Crippen LogP contribution in [0.4, 0.5) is 0 Å². The highest BCUT2D eigenvalue weighted by Crippen LogP contribution is 2.22. The summed E-state index contributed by atoms with van der Waals surface area (Å²) in [6, 6.07) is 3.84. The first-order chi connectivity index (χ1) is 10.3. The molecule has 0 aliphatic heterocycles. The molecule has 22 heavy (non-hydrogen) atoms. The number of carbonyl (C=O) groups excluding carboxylic acids is 1. The molecule has 0 unspecified atom stereocenters. The Hall–Kier alpha value is -2.04. The molecule has 0 fully saturated rings. The second-order valence-corrected chi connectivity index (χ2v) is 6.77. The van der Waals surface area contributed by atoms with Crippen molar-refractivity contribution in [1.82, 2.24) is 14.9 Å². The van der Waals surface area contributed by atoms with E-state index < -0.39 is 15.9 Å². The first-order valence-electron chi connectivity index (χ1n) is 6.10. The van der Waals surface area contributed by atoms with Gasteiger partial charge in [0, 0.05) is 0 Å². The van der Waals surface area contributed by atoms with Crippen LogP contribution in [0.25, 0.3) is 0 Å². The zero-order valence-corrected chi connectivity index (χ0v) is 13.5. The number of sulfonamides is 1. The van der Waals surface area contributed by atoms with Crippen LogP contribution in [0.3, 0.4) is 0 Å². The lowest BCUT2D eigenvalue weighted by molar-refractivity contribution is 0.0948. The lowest BCUT2D eigenvalue weighted by Gasteiger charge is -2.10. The van der Waals surface area contributed by atoms with Crippen LogP contribution in [0.2, 0.25) is 0 Å². The van der Waals surface area contributed by atoms with Crippen molar-refractivity contribution >= 4 is 27.5 Å². The number of rotatable bonds is 5. The molecule has 1 amide bonds. The van der Waals surface area contributed by atoms with Gasteiger partial charge >= 0.3 is 0 Å². The average molecular weight is 342 g/mol. The van der Waals surface area contributed by atoms with Gasteiger partial charge in [-0.05, 0) is 36.7 Å². The summed E-state index contributed by atoms with van der Waals surface area (Å²) in [5, 5.41) is 11.6. The minimum atomic E-state index is -3.90. The average Bonchev–Trinajstić information content (AvgIpc) is 2.88. The lowest BCUT2D eigenvalue weighted by Crippen LogP contribution is -2.24. The standard InChI is InChI=1S/C12H14N4O4S2/c1-7-11(21-16-15-7)6-14-12(17)9-5-8(22(13,18)19)3-4-10(9)20-2/h3-5H,6H2,1-2H3,(H,14,17)(H2,13,18,19). The van der Waals surface area contributed by atoms with Crippen LogP contribution in [-0.4, -0.2) is 31.0 Å². The van der Waals surface area contributed by atoms with E-state index in [0.717, 1.165) is 10.6 Å². The molecule has 0 saturated carbocycles. The van der Waals surface area contributed by atoms with E-state index in [9.17, 15) is 13.2 Å². The van der Waals surface area contributed by atoms with Gasteiger partial charge in [0.25, 0.3) is 5.91 Å². The van der Waals surface area contributed by atoms with Crippen molar-refractivity contribution in [2.24, 2.45) is 5.14 Å². The van der Waals surface area contributed by atoms with Gasteiger partial charge in [-0.15, -0.1) is 5.10 Å². The third kappa shape index (κ3) is 3.59. The van der Waals surface area contributed by atoms with Crippen molar-refractivity contribution in [2.45, 2.75) is 18.4 Å². The van der Waals surface area contributed by atoms with E-state index in [-0.39, 0.29) is 22.8 Å². The molecule has 0 atom stereocenters. The summed E-state index contributed by atoms with van der Waals surface area (Å²) in [5.74, 6) is -0.223. The molecule has 0 aliphatic carbocycles. The van der Waals surface area contributed by atoms with Gasteiger partial charge in [0.05, 0.1) is 34.7 Å². The van der Waals surface area contributed by atoms with E-state index in [0.29, 0.717) is 0 Å². The number of hydrogen-bond acceptors (Lipinski definition) is 7. The van der Waals surface area contributed by atoms with Crippen LogP contribution in [0.1, 0.15) is 20.9 Å². The lowest BCUT2D eigenvalue weighted by atomic mass is 10.2. The molecular weight excluding hydrogens is 328 g/mol. The smallest absolute Gasteiger partial charge is 0.255 e. The third-order valence-corrected chi connectivity index (χ3v) is 4.63. The van der Waals surface area contributed by atoms with Crippen LogP contribution in [-0.2, 0) is 16.6 Å². The molecule has 1 aromatic carbocycles. The fourth-order valence-electron chi connectivity index (χ4n) is 1.71. The first kappa shape index (κ1) is 16.3. The Morgan fingerprint density at radius 1 is 1.45 bits per heavy atom. The van der Waals surface area contributed by atoms with Crippen molar-refractivity contribution in [2.75, 3.05) is 7.11 Å². The predicted octanol–water partition coefficient (Wildman–Crippen LogP) is 0.433. The van der Waals surface area contributed by atoms with Crippen molar-refractivity contribution in [3.63, 3.8) is 0 Å². The number of methoxy groups -OCH3 is 1. The van der Waals surface area contributed by atoms with Crippen LogP contribution in [0, 0.1) is 6.92 Å². The number of amides is 1. The molecule has 10 heteroatoms. The summed E-state index contributed by atoms with van der Waals surface area (Å²) in [6.07, 6.45) is 0. The minimum absolute atomic E-state index is 0.0872. The SMILES string of the molecule is COc1ccc(S(N)(=O)=O)cc1C(=O)NCc1snnc1C. The molecule has 1 aromatic heterocycles. The summed E-state index contributed by atoms with van der Waals surface area (Å²) in [5.41, 5.74) is 0.819. The number of benzene rings is 1. The summed E-state index contributed by atoms with van der Waals surface area (Å²) in [7, 11) is -2.51. The van der Waals surface area contributed by atoms with E-state index in [1.54, 1.807) is 6.92 Å². The zero-order chi connectivity index (χ0) is 16.3. The molecule has 8 nitrogen and oxygen atoms in total. The van der Waals surface area contributed by atoms with Gasteiger partial charge in [0.15, 0.2) is 0 Å². The molecule has 118 valence electrons. The summed E-state index contributed by atoms with van der Waals surface area (Å²) < 4.78 is 31.6. The van der Waals surface area contributed by atoms with Crippen LogP contribution < -0.4 is 15.2 Å². The Morgan fingerprint density at radius 3 is 2.73 bits per heavy atom. The molecule has 0 spiro atoms. The quantitative estimate of drug-likeness (QED) is 0.812. The number of aromatic nitrogens is 2. The molecular formula is C12H14N4O4S2. The number of hydrogen-bond donors (Lipinski definition) is 2. The summed E-state index contributed by atoms with van der Waals surface area (Å²) in [6.45, 7) is 2.03. The number of primary sulfonamides is 1. The molecule has 0 saturated heterocycles. The fraction of sp³-hybridized carbons (Fsp3) is 0.250. The monoisotopic (exact) mass is 342 g/mol. The first-order valence-corrected chi connectivity index (χ1v) is 8.41. The molecule has 2 aromatic rings. The van der Waals surface area contributed by atoms with Gasteiger partial charge in [-0.3, -0.25) is 4.79 Å². The number of nitrogens with two attached hydrogens (primary N) is 1. The van der Waals surface area contributed by atoms with Gasteiger partial charge in [0.1, 0.15) is 5.75 Å². The largest absolute Gasteiger partial charge is 0.496 e. The minimum Gasteiger partial charge on any atom is -0.496 e. The molecule has 0 bridgehead atoms. The summed E-state index contributed by atoms with van der Waals surface area (Å²) in [4.78, 5) is 12.9. The Kier molecular flexibility index (Phi) is 4.74. The Balaban J connectivity index is 2.26. The predicted molar refractivity (Wildman–Crippen MR) is 80.2 cm³/mol. The Labute approximate surface area is 131 Å². The third-order valence-electron chi connectivity index (χ3n) is 2.90. The highest BCUT2D eigenvalue weighted by Gasteiger charge is 2.17. The van der Waals surface area contributed by atoms with E-state index in [1.807, 2.05) is 0 Å². The van der Waals surface area contributed by atoms with E-state index in [1.165, 1.54) is 36.8 Å². The highest BCUT2D eigenvalue weighted by molar-refractivity contribution is 7.89. The van der Waals surface area contributed by atoms with Gasteiger partial charge < -0.3 is 10.1 Å². The van der Waals surface area contributed by atoms with E-state index in [4.69, 9.17) is 9.88 Å². The second kappa shape index (κ2) is 6.38. The zero-order valence-electron chi connectivity index (χ0n) is 11.9. The molecule has 3 N–H and O–H groups in total. The highest BCUT2D eigenvalue weighted by atomic mass is 32.2. The maximum Gasteiger partial charge on any atom is 0.255 e. The second-order valence-electron chi connectivity index (χ2n) is 4.37. The number of ether oxygens (including phenoxy) is 1. The topological polar surface area (TPSA) is 124 Å².